The highest BCUT2D eigenvalue weighted by Gasteiger charge is 2.28. The Balaban J connectivity index is 1.65. The number of benzene rings is 1. The van der Waals surface area contributed by atoms with Crippen molar-refractivity contribution in [2.45, 2.75) is 13.0 Å². The molecule has 0 saturated carbocycles. The molecular weight excluding hydrogens is 256 g/mol. The average Bonchev–Trinajstić information content (AvgIpc) is 3.10. The topological polar surface area (TPSA) is 71.2 Å². The number of para-hydroxylation sites is 1. The third kappa shape index (κ3) is 2.70. The number of aromatic nitrogens is 3. The van der Waals surface area contributed by atoms with Crippen molar-refractivity contribution < 1.29 is 9.90 Å². The summed E-state index contributed by atoms with van der Waals surface area (Å²) in [5.74, 6) is -0.959. The van der Waals surface area contributed by atoms with Gasteiger partial charge in [0.25, 0.3) is 0 Å². The second-order valence-electron chi connectivity index (χ2n) is 5.02. The first-order valence-electron chi connectivity index (χ1n) is 6.64. The van der Waals surface area contributed by atoms with E-state index in [-0.39, 0.29) is 5.92 Å². The third-order valence-electron chi connectivity index (χ3n) is 3.53. The van der Waals surface area contributed by atoms with Gasteiger partial charge in [0.2, 0.25) is 0 Å². The Morgan fingerprint density at radius 2 is 2.15 bits per heavy atom. The Kier molecular flexibility index (Phi) is 3.47. The van der Waals surface area contributed by atoms with Crippen molar-refractivity contribution in [3.05, 3.63) is 42.2 Å². The number of carboxylic acid groups (broad SMARTS) is 1. The lowest BCUT2D eigenvalue weighted by Crippen LogP contribution is -2.23. The number of carboxylic acids is 1. The molecule has 6 heteroatoms. The van der Waals surface area contributed by atoms with Crippen LogP contribution in [0, 0.1) is 5.92 Å². The maximum Gasteiger partial charge on any atom is 0.307 e. The Morgan fingerprint density at radius 1 is 1.35 bits per heavy atom. The molecule has 3 rings (SSSR count). The highest BCUT2D eigenvalue weighted by Crippen LogP contribution is 2.18. The summed E-state index contributed by atoms with van der Waals surface area (Å²) < 4.78 is 0. The van der Waals surface area contributed by atoms with E-state index in [0.29, 0.717) is 19.5 Å². The molecule has 1 aliphatic rings. The maximum absolute atomic E-state index is 10.9. The quantitative estimate of drug-likeness (QED) is 0.904. The van der Waals surface area contributed by atoms with Crippen LogP contribution in [0.5, 0.6) is 0 Å². The predicted molar refractivity (Wildman–Crippen MR) is 72.4 cm³/mol. The standard InChI is InChI=1S/C14H16N4O2/c19-14(20)11-6-7-17(9-11)10-12-8-15-18(16-12)13-4-2-1-3-5-13/h1-5,8,11H,6-7,9-10H2,(H,19,20)/t11-/m0/s1. The molecule has 0 unspecified atom stereocenters. The van der Waals surface area contributed by atoms with Gasteiger partial charge in [-0.2, -0.15) is 15.0 Å². The second-order valence-corrected chi connectivity index (χ2v) is 5.02. The van der Waals surface area contributed by atoms with Crippen molar-refractivity contribution in [2.24, 2.45) is 5.92 Å². The monoisotopic (exact) mass is 272 g/mol. The van der Waals surface area contributed by atoms with Gasteiger partial charge in [-0.25, -0.2) is 0 Å². The Hall–Kier alpha value is -2.21. The van der Waals surface area contributed by atoms with Crippen LogP contribution in [-0.2, 0) is 11.3 Å². The zero-order valence-corrected chi connectivity index (χ0v) is 11.0. The van der Waals surface area contributed by atoms with E-state index in [1.54, 1.807) is 11.0 Å². The van der Waals surface area contributed by atoms with Gasteiger partial charge >= 0.3 is 5.97 Å². The van der Waals surface area contributed by atoms with Crippen molar-refractivity contribution in [1.29, 1.82) is 0 Å². The second kappa shape index (κ2) is 5.42. The Morgan fingerprint density at radius 3 is 2.85 bits per heavy atom. The molecule has 0 aliphatic carbocycles. The number of aliphatic carboxylic acids is 1. The summed E-state index contributed by atoms with van der Waals surface area (Å²) in [6.45, 7) is 2.04. The van der Waals surface area contributed by atoms with Crippen LogP contribution in [0.4, 0.5) is 0 Å². The van der Waals surface area contributed by atoms with Crippen LogP contribution in [0.25, 0.3) is 5.69 Å². The number of hydrogen-bond acceptors (Lipinski definition) is 4. The van der Waals surface area contributed by atoms with Crippen LogP contribution in [0.2, 0.25) is 0 Å². The lowest BCUT2D eigenvalue weighted by molar-refractivity contribution is -0.141. The largest absolute Gasteiger partial charge is 0.481 e. The highest BCUT2D eigenvalue weighted by molar-refractivity contribution is 5.70. The number of likely N-dealkylation sites (tertiary alicyclic amines) is 1. The first-order valence-corrected chi connectivity index (χ1v) is 6.64. The molecule has 1 aromatic heterocycles. The summed E-state index contributed by atoms with van der Waals surface area (Å²) in [7, 11) is 0. The first kappa shape index (κ1) is 12.8. The molecule has 1 aromatic carbocycles. The normalized spacial score (nSPS) is 19.3. The fourth-order valence-electron chi connectivity index (χ4n) is 2.46. The van der Waals surface area contributed by atoms with E-state index < -0.39 is 5.97 Å². The molecule has 1 aliphatic heterocycles. The predicted octanol–water partition coefficient (Wildman–Crippen LogP) is 1.17. The molecule has 0 amide bonds. The van der Waals surface area contributed by atoms with Gasteiger partial charge in [-0.1, -0.05) is 18.2 Å². The molecule has 2 heterocycles. The molecule has 20 heavy (non-hydrogen) atoms. The highest BCUT2D eigenvalue weighted by atomic mass is 16.4. The van der Waals surface area contributed by atoms with Crippen molar-refractivity contribution >= 4 is 5.97 Å². The fourth-order valence-corrected chi connectivity index (χ4v) is 2.46. The van der Waals surface area contributed by atoms with E-state index in [2.05, 4.69) is 15.1 Å². The van der Waals surface area contributed by atoms with Crippen LogP contribution in [-0.4, -0.2) is 44.1 Å². The summed E-state index contributed by atoms with van der Waals surface area (Å²) in [5, 5.41) is 17.7. The van der Waals surface area contributed by atoms with Crippen LogP contribution < -0.4 is 0 Å². The minimum atomic E-state index is -0.708. The molecule has 0 spiro atoms. The van der Waals surface area contributed by atoms with Crippen LogP contribution in [0.15, 0.2) is 36.5 Å². The molecule has 104 valence electrons. The molecule has 2 aromatic rings. The van der Waals surface area contributed by atoms with Gasteiger partial charge in [0.1, 0.15) is 0 Å². The first-order chi connectivity index (χ1) is 9.72. The summed E-state index contributed by atoms with van der Waals surface area (Å²) in [6, 6.07) is 9.72. The summed E-state index contributed by atoms with van der Waals surface area (Å²) in [4.78, 5) is 14.6. The van der Waals surface area contributed by atoms with Crippen LogP contribution >= 0.6 is 0 Å². The lowest BCUT2D eigenvalue weighted by atomic mass is 10.1. The van der Waals surface area contributed by atoms with Crippen LogP contribution in [0.3, 0.4) is 0 Å². The minimum Gasteiger partial charge on any atom is -0.481 e. The number of nitrogens with zero attached hydrogens (tertiary/aromatic N) is 4. The molecule has 0 radical (unpaired) electrons. The van der Waals surface area contributed by atoms with Gasteiger partial charge in [-0.05, 0) is 25.1 Å². The molecule has 1 atom stereocenters. The summed E-state index contributed by atoms with van der Waals surface area (Å²) in [6.07, 6.45) is 2.45. The SMILES string of the molecule is O=C(O)[C@H]1CCN(Cc2cnn(-c3ccccc3)n2)C1. The van der Waals surface area contributed by atoms with Gasteiger partial charge in [0.05, 0.1) is 23.5 Å². The van der Waals surface area contributed by atoms with Gasteiger partial charge in [0, 0.05) is 13.1 Å². The number of rotatable bonds is 4. The summed E-state index contributed by atoms with van der Waals surface area (Å²) in [5.41, 5.74) is 1.78. The van der Waals surface area contributed by atoms with Crippen molar-refractivity contribution in [3.8, 4) is 5.69 Å². The zero-order valence-electron chi connectivity index (χ0n) is 11.0. The van der Waals surface area contributed by atoms with Gasteiger partial charge in [0.15, 0.2) is 0 Å². The molecule has 1 saturated heterocycles. The van der Waals surface area contributed by atoms with Crippen molar-refractivity contribution in [2.75, 3.05) is 13.1 Å². The van der Waals surface area contributed by atoms with E-state index >= 15 is 0 Å². The smallest absolute Gasteiger partial charge is 0.307 e. The molecular formula is C14H16N4O2. The molecule has 1 N–H and O–H groups in total. The van der Waals surface area contributed by atoms with Gasteiger partial charge in [-0.3, -0.25) is 9.69 Å². The lowest BCUT2D eigenvalue weighted by Gasteiger charge is -2.12. The fraction of sp³-hybridized carbons (Fsp3) is 0.357. The van der Waals surface area contributed by atoms with Gasteiger partial charge < -0.3 is 5.11 Å². The van der Waals surface area contributed by atoms with E-state index in [4.69, 9.17) is 5.11 Å². The number of carbonyl (C=O) groups is 1. The molecule has 0 bridgehead atoms. The van der Waals surface area contributed by atoms with E-state index in [1.807, 2.05) is 30.3 Å². The number of hydrogen-bond donors (Lipinski definition) is 1. The van der Waals surface area contributed by atoms with E-state index in [0.717, 1.165) is 17.9 Å². The molecule has 1 fully saturated rings. The average molecular weight is 272 g/mol. The van der Waals surface area contributed by atoms with E-state index in [9.17, 15) is 4.79 Å². The third-order valence-corrected chi connectivity index (χ3v) is 3.53. The summed E-state index contributed by atoms with van der Waals surface area (Å²) >= 11 is 0. The zero-order chi connectivity index (χ0) is 13.9. The van der Waals surface area contributed by atoms with Gasteiger partial charge in [-0.15, -0.1) is 0 Å². The Labute approximate surface area is 116 Å². The van der Waals surface area contributed by atoms with Crippen LogP contribution in [0.1, 0.15) is 12.1 Å². The maximum atomic E-state index is 10.9. The Bertz CT molecular complexity index is 596. The van der Waals surface area contributed by atoms with E-state index in [1.165, 1.54) is 0 Å². The molecule has 6 nitrogen and oxygen atoms in total. The van der Waals surface area contributed by atoms with Crippen molar-refractivity contribution in [3.63, 3.8) is 0 Å². The van der Waals surface area contributed by atoms with Crippen molar-refractivity contribution in [1.82, 2.24) is 19.9 Å². The minimum absolute atomic E-state index is 0.251.